The van der Waals surface area contributed by atoms with Gasteiger partial charge in [-0.1, -0.05) is 12.8 Å². The number of hydrogen-bond acceptors (Lipinski definition) is 2. The summed E-state index contributed by atoms with van der Waals surface area (Å²) in [5.41, 5.74) is 0.601. The fraction of sp³-hybridized carbons (Fsp3) is 0.667. The molecular weight excluding hydrogens is 238 g/mol. The van der Waals surface area contributed by atoms with Gasteiger partial charge in [-0.2, -0.15) is 5.10 Å². The van der Waals surface area contributed by atoms with Crippen molar-refractivity contribution in [2.45, 2.75) is 31.7 Å². The standard InChI is InChI=1S/C12H18ClN3O/c1-16-11(6-7-14-16)12(17)15-10-5-3-2-4-9(10)8-13/h6-7,9-10H,2-5,8H2,1H3,(H,15,17). The van der Waals surface area contributed by atoms with Crippen molar-refractivity contribution in [3.05, 3.63) is 18.0 Å². The van der Waals surface area contributed by atoms with E-state index in [9.17, 15) is 4.79 Å². The van der Waals surface area contributed by atoms with Crippen LogP contribution in [0.5, 0.6) is 0 Å². The molecule has 2 atom stereocenters. The summed E-state index contributed by atoms with van der Waals surface area (Å²) in [5, 5.41) is 7.08. The van der Waals surface area contributed by atoms with E-state index in [4.69, 9.17) is 11.6 Å². The van der Waals surface area contributed by atoms with Crippen molar-refractivity contribution in [3.8, 4) is 0 Å². The molecule has 1 aliphatic carbocycles. The van der Waals surface area contributed by atoms with Crippen molar-refractivity contribution >= 4 is 17.5 Å². The Morgan fingerprint density at radius 1 is 1.59 bits per heavy atom. The number of halogens is 1. The monoisotopic (exact) mass is 255 g/mol. The van der Waals surface area contributed by atoms with Crippen LogP contribution in [0.25, 0.3) is 0 Å². The first-order valence-corrected chi connectivity index (χ1v) is 6.60. The minimum Gasteiger partial charge on any atom is -0.348 e. The third kappa shape index (κ3) is 2.80. The third-order valence-corrected chi connectivity index (χ3v) is 3.87. The zero-order valence-corrected chi connectivity index (χ0v) is 10.8. The average Bonchev–Trinajstić information content (AvgIpc) is 2.76. The van der Waals surface area contributed by atoms with Gasteiger partial charge in [0.1, 0.15) is 5.69 Å². The Bertz CT molecular complexity index is 391. The Balaban J connectivity index is 2.00. The second-order valence-electron chi connectivity index (χ2n) is 4.62. The SMILES string of the molecule is Cn1nccc1C(=O)NC1CCCCC1CCl. The van der Waals surface area contributed by atoms with E-state index in [-0.39, 0.29) is 11.9 Å². The Labute approximate surface area is 106 Å². The molecule has 1 heterocycles. The number of rotatable bonds is 3. The van der Waals surface area contributed by atoms with Crippen LogP contribution in [0.1, 0.15) is 36.2 Å². The highest BCUT2D eigenvalue weighted by Gasteiger charge is 2.26. The molecule has 94 valence electrons. The Morgan fingerprint density at radius 3 is 3.00 bits per heavy atom. The van der Waals surface area contributed by atoms with Crippen LogP contribution in [-0.2, 0) is 7.05 Å². The highest BCUT2D eigenvalue weighted by atomic mass is 35.5. The van der Waals surface area contributed by atoms with Crippen LogP contribution in [0, 0.1) is 5.92 Å². The summed E-state index contributed by atoms with van der Waals surface area (Å²) in [7, 11) is 1.77. The van der Waals surface area contributed by atoms with Crippen molar-refractivity contribution in [1.82, 2.24) is 15.1 Å². The van der Waals surface area contributed by atoms with Crippen LogP contribution in [0.4, 0.5) is 0 Å². The molecule has 0 radical (unpaired) electrons. The number of amides is 1. The first-order chi connectivity index (χ1) is 8.22. The predicted molar refractivity (Wildman–Crippen MR) is 67.1 cm³/mol. The molecule has 1 aromatic heterocycles. The van der Waals surface area contributed by atoms with Crippen molar-refractivity contribution in [3.63, 3.8) is 0 Å². The van der Waals surface area contributed by atoms with Gasteiger partial charge in [-0.3, -0.25) is 9.48 Å². The quantitative estimate of drug-likeness (QED) is 0.840. The first-order valence-electron chi connectivity index (χ1n) is 6.07. The number of alkyl halides is 1. The van der Waals surface area contributed by atoms with E-state index in [1.165, 1.54) is 12.8 Å². The molecule has 0 aromatic carbocycles. The van der Waals surface area contributed by atoms with Crippen LogP contribution < -0.4 is 5.32 Å². The van der Waals surface area contributed by atoms with Crippen LogP contribution in [0.15, 0.2) is 12.3 Å². The number of aromatic nitrogens is 2. The van der Waals surface area contributed by atoms with E-state index in [2.05, 4.69) is 10.4 Å². The fourth-order valence-electron chi connectivity index (χ4n) is 2.42. The molecule has 0 spiro atoms. The maximum atomic E-state index is 12.0. The second kappa shape index (κ2) is 5.54. The van der Waals surface area contributed by atoms with E-state index < -0.39 is 0 Å². The van der Waals surface area contributed by atoms with Gasteiger partial charge in [0.25, 0.3) is 5.91 Å². The largest absolute Gasteiger partial charge is 0.348 e. The van der Waals surface area contributed by atoms with E-state index in [0.717, 1.165) is 12.8 Å². The van der Waals surface area contributed by atoms with Crippen molar-refractivity contribution in [2.24, 2.45) is 13.0 Å². The fourth-order valence-corrected chi connectivity index (χ4v) is 2.79. The molecule has 0 saturated heterocycles. The number of hydrogen-bond donors (Lipinski definition) is 1. The minimum absolute atomic E-state index is 0.0491. The van der Waals surface area contributed by atoms with Gasteiger partial charge in [0, 0.05) is 25.2 Å². The molecule has 17 heavy (non-hydrogen) atoms. The van der Waals surface area contributed by atoms with Crippen LogP contribution in [0.2, 0.25) is 0 Å². The zero-order valence-electron chi connectivity index (χ0n) is 10.0. The first kappa shape index (κ1) is 12.4. The maximum Gasteiger partial charge on any atom is 0.269 e. The van der Waals surface area contributed by atoms with Crippen LogP contribution in [0.3, 0.4) is 0 Å². The van der Waals surface area contributed by atoms with Gasteiger partial charge in [0.05, 0.1) is 0 Å². The molecule has 0 bridgehead atoms. The number of carbonyl (C=O) groups is 1. The number of nitrogens with one attached hydrogen (secondary N) is 1. The number of carbonyl (C=O) groups excluding carboxylic acids is 1. The number of nitrogens with zero attached hydrogens (tertiary/aromatic N) is 2. The Hall–Kier alpha value is -1.03. The highest BCUT2D eigenvalue weighted by Crippen LogP contribution is 2.25. The molecule has 2 unspecified atom stereocenters. The summed E-state index contributed by atoms with van der Waals surface area (Å²) in [6.07, 6.45) is 6.16. The van der Waals surface area contributed by atoms with Crippen LogP contribution >= 0.6 is 11.6 Å². The average molecular weight is 256 g/mol. The molecule has 1 aromatic rings. The van der Waals surface area contributed by atoms with Crippen molar-refractivity contribution < 1.29 is 4.79 Å². The molecule has 1 aliphatic rings. The van der Waals surface area contributed by atoms with E-state index in [1.807, 2.05) is 0 Å². The second-order valence-corrected chi connectivity index (χ2v) is 4.93. The summed E-state index contributed by atoms with van der Waals surface area (Å²) >= 11 is 5.95. The van der Waals surface area contributed by atoms with Gasteiger partial charge < -0.3 is 5.32 Å². The van der Waals surface area contributed by atoms with E-state index in [0.29, 0.717) is 17.5 Å². The number of aryl methyl sites for hydroxylation is 1. The Kier molecular flexibility index (Phi) is 4.05. The predicted octanol–water partition coefficient (Wildman–Crippen LogP) is 1.95. The highest BCUT2D eigenvalue weighted by molar-refractivity contribution is 6.18. The Morgan fingerprint density at radius 2 is 2.35 bits per heavy atom. The summed E-state index contributed by atoms with van der Waals surface area (Å²) in [5.74, 6) is 0.977. The molecular formula is C12H18ClN3O. The van der Waals surface area contributed by atoms with Gasteiger partial charge in [0.15, 0.2) is 0 Å². The molecule has 1 N–H and O–H groups in total. The third-order valence-electron chi connectivity index (χ3n) is 3.48. The minimum atomic E-state index is -0.0491. The smallest absolute Gasteiger partial charge is 0.269 e. The topological polar surface area (TPSA) is 46.9 Å². The molecule has 5 heteroatoms. The lowest BCUT2D eigenvalue weighted by Gasteiger charge is -2.30. The zero-order chi connectivity index (χ0) is 12.3. The molecule has 1 amide bonds. The summed E-state index contributed by atoms with van der Waals surface area (Å²) in [4.78, 5) is 12.0. The van der Waals surface area contributed by atoms with Gasteiger partial charge in [-0.15, -0.1) is 11.6 Å². The van der Waals surface area contributed by atoms with Gasteiger partial charge >= 0.3 is 0 Å². The lowest BCUT2D eigenvalue weighted by atomic mass is 9.85. The molecule has 0 aliphatic heterocycles. The lowest BCUT2D eigenvalue weighted by molar-refractivity contribution is 0.0901. The molecule has 4 nitrogen and oxygen atoms in total. The normalized spacial score (nSPS) is 24.6. The van der Waals surface area contributed by atoms with E-state index in [1.54, 1.807) is 24.0 Å². The van der Waals surface area contributed by atoms with Gasteiger partial charge in [0.2, 0.25) is 0 Å². The van der Waals surface area contributed by atoms with Gasteiger partial charge in [-0.05, 0) is 24.8 Å². The molecule has 1 fully saturated rings. The summed E-state index contributed by atoms with van der Waals surface area (Å²) in [6.45, 7) is 0. The molecule has 1 saturated carbocycles. The van der Waals surface area contributed by atoms with E-state index >= 15 is 0 Å². The van der Waals surface area contributed by atoms with Gasteiger partial charge in [-0.25, -0.2) is 0 Å². The van der Waals surface area contributed by atoms with Crippen LogP contribution in [-0.4, -0.2) is 27.6 Å². The maximum absolute atomic E-state index is 12.0. The van der Waals surface area contributed by atoms with Crippen molar-refractivity contribution in [2.75, 3.05) is 5.88 Å². The molecule has 2 rings (SSSR count). The summed E-state index contributed by atoms with van der Waals surface area (Å²) < 4.78 is 1.59. The summed E-state index contributed by atoms with van der Waals surface area (Å²) in [6, 6.07) is 1.94. The lowest BCUT2D eigenvalue weighted by Crippen LogP contribution is -2.43. The van der Waals surface area contributed by atoms with Crippen molar-refractivity contribution in [1.29, 1.82) is 0 Å².